The molecule has 0 spiro atoms. The Hall–Kier alpha value is -2.02. The lowest BCUT2D eigenvalue weighted by atomic mass is 9.97. The molecule has 1 aromatic heterocycles. The minimum atomic E-state index is -0.645. The fourth-order valence-corrected chi connectivity index (χ4v) is 3.02. The Morgan fingerprint density at radius 3 is 2.91 bits per heavy atom. The van der Waals surface area contributed by atoms with E-state index in [2.05, 4.69) is 15.2 Å². The molecule has 5 nitrogen and oxygen atoms in total. The highest BCUT2D eigenvalue weighted by molar-refractivity contribution is 6.31. The molecule has 2 heterocycles. The number of carbonyl (C=O) groups excluding carboxylic acids is 1. The quantitative estimate of drug-likeness (QED) is 0.934. The highest BCUT2D eigenvalue weighted by Gasteiger charge is 2.39. The van der Waals surface area contributed by atoms with Crippen molar-refractivity contribution in [1.82, 2.24) is 20.1 Å². The van der Waals surface area contributed by atoms with Gasteiger partial charge in [0.2, 0.25) is 0 Å². The number of likely N-dealkylation sites (tertiary alicyclic amines) is 1. The maximum absolute atomic E-state index is 13.9. The normalized spacial score (nSPS) is 21.0. The molecular weight excluding hydrogens is 326 g/mol. The van der Waals surface area contributed by atoms with Gasteiger partial charge in [0.25, 0.3) is 5.91 Å². The number of halogens is 3. The van der Waals surface area contributed by atoms with Crippen LogP contribution in [0.1, 0.15) is 27.9 Å². The van der Waals surface area contributed by atoms with Crippen LogP contribution in [0.3, 0.4) is 0 Å². The molecule has 122 valence electrons. The zero-order chi connectivity index (χ0) is 16.6. The fraction of sp³-hybridized carbons (Fsp3) is 0.400. The summed E-state index contributed by atoms with van der Waals surface area (Å²) in [6.07, 6.45) is 0. The Balaban J connectivity index is 1.84. The predicted octanol–water partition coefficient (Wildman–Crippen LogP) is 2.73. The van der Waals surface area contributed by atoms with Gasteiger partial charge in [0.15, 0.2) is 5.82 Å². The molecular formula is C15H15ClF2N4O. The van der Waals surface area contributed by atoms with Crippen molar-refractivity contribution in [2.24, 2.45) is 5.92 Å². The van der Waals surface area contributed by atoms with E-state index in [0.717, 1.165) is 6.07 Å². The minimum Gasteiger partial charge on any atom is -0.337 e. The van der Waals surface area contributed by atoms with E-state index in [4.69, 9.17) is 11.6 Å². The summed E-state index contributed by atoms with van der Waals surface area (Å²) in [5.41, 5.74) is -0.109. The van der Waals surface area contributed by atoms with Crippen LogP contribution in [0.25, 0.3) is 0 Å². The van der Waals surface area contributed by atoms with Crippen LogP contribution in [-0.4, -0.2) is 45.8 Å². The van der Waals surface area contributed by atoms with Gasteiger partial charge in [-0.1, -0.05) is 11.6 Å². The van der Waals surface area contributed by atoms with Crippen molar-refractivity contribution in [3.05, 3.63) is 46.3 Å². The van der Waals surface area contributed by atoms with Crippen molar-refractivity contribution >= 4 is 17.5 Å². The molecule has 1 aliphatic heterocycles. The number of amides is 1. The van der Waals surface area contributed by atoms with Crippen LogP contribution in [0.15, 0.2) is 18.2 Å². The van der Waals surface area contributed by atoms with Crippen molar-refractivity contribution in [2.45, 2.75) is 12.8 Å². The second-order valence-corrected chi connectivity index (χ2v) is 6.07. The van der Waals surface area contributed by atoms with Gasteiger partial charge >= 0.3 is 0 Å². The summed E-state index contributed by atoms with van der Waals surface area (Å²) >= 11 is 5.83. The van der Waals surface area contributed by atoms with Gasteiger partial charge in [-0.2, -0.15) is 5.10 Å². The summed E-state index contributed by atoms with van der Waals surface area (Å²) in [6, 6.07) is 3.81. The lowest BCUT2D eigenvalue weighted by Crippen LogP contribution is -2.30. The first-order valence-electron chi connectivity index (χ1n) is 7.18. The largest absolute Gasteiger partial charge is 0.337 e. The topological polar surface area (TPSA) is 61.9 Å². The van der Waals surface area contributed by atoms with Crippen molar-refractivity contribution < 1.29 is 13.6 Å². The Kier molecular flexibility index (Phi) is 4.30. The number of nitrogens with zero attached hydrogens (tertiary/aromatic N) is 3. The summed E-state index contributed by atoms with van der Waals surface area (Å²) in [6.45, 7) is 1.59. The average molecular weight is 341 g/mol. The van der Waals surface area contributed by atoms with Crippen LogP contribution < -0.4 is 0 Å². The van der Waals surface area contributed by atoms with Gasteiger partial charge in [0, 0.05) is 29.9 Å². The number of hydrogen-bond acceptors (Lipinski definition) is 3. The second kappa shape index (κ2) is 6.23. The Bertz CT molecular complexity index is 736. The number of nitrogens with one attached hydrogen (secondary N) is 1. The van der Waals surface area contributed by atoms with Crippen LogP contribution in [0.2, 0.25) is 5.02 Å². The highest BCUT2D eigenvalue weighted by Crippen LogP contribution is 2.32. The van der Waals surface area contributed by atoms with Crippen LogP contribution >= 0.6 is 11.6 Å². The third-order valence-electron chi connectivity index (χ3n) is 4.03. The van der Waals surface area contributed by atoms with Crippen molar-refractivity contribution in [1.29, 1.82) is 0 Å². The molecule has 23 heavy (non-hydrogen) atoms. The number of hydrogen-bond donors (Lipinski definition) is 1. The van der Waals surface area contributed by atoms with E-state index in [1.165, 1.54) is 17.0 Å². The van der Waals surface area contributed by atoms with Crippen molar-refractivity contribution in [3.8, 4) is 0 Å². The van der Waals surface area contributed by atoms with Gasteiger partial charge in [-0.25, -0.2) is 9.37 Å². The second-order valence-electron chi connectivity index (χ2n) is 5.63. The maximum atomic E-state index is 13.9. The van der Waals surface area contributed by atoms with Gasteiger partial charge < -0.3 is 4.90 Å². The summed E-state index contributed by atoms with van der Waals surface area (Å²) in [5.74, 6) is -0.755. The van der Waals surface area contributed by atoms with E-state index in [-0.39, 0.29) is 29.6 Å². The average Bonchev–Trinajstić information content (AvgIpc) is 3.14. The molecule has 2 unspecified atom stereocenters. The number of aromatic nitrogens is 3. The van der Waals surface area contributed by atoms with Gasteiger partial charge in [0.05, 0.1) is 12.2 Å². The molecule has 1 amide bonds. The number of rotatable bonds is 3. The molecule has 1 aromatic carbocycles. The third-order valence-corrected chi connectivity index (χ3v) is 4.27. The van der Waals surface area contributed by atoms with Gasteiger partial charge in [-0.05, 0) is 25.1 Å². The predicted molar refractivity (Wildman–Crippen MR) is 80.6 cm³/mol. The number of aryl methyl sites for hydroxylation is 1. The SMILES string of the molecule is Cc1nc(C2CN(C(=O)c3cc(Cl)ccc3F)CC2CF)n[nH]1. The standard InChI is InChI=1S/C15H15ClF2N4O/c1-8-19-14(21-20-8)12-7-22(6-9(12)5-17)15(23)11-4-10(16)2-3-13(11)18/h2-4,9,12H,5-7H2,1H3,(H,19,20,21). The highest BCUT2D eigenvalue weighted by atomic mass is 35.5. The number of carbonyl (C=O) groups is 1. The lowest BCUT2D eigenvalue weighted by Gasteiger charge is -2.16. The van der Waals surface area contributed by atoms with E-state index < -0.39 is 24.3 Å². The molecule has 0 radical (unpaired) electrons. The molecule has 1 saturated heterocycles. The van der Waals surface area contributed by atoms with Crippen LogP contribution in [-0.2, 0) is 0 Å². The van der Waals surface area contributed by atoms with E-state index in [1.54, 1.807) is 6.92 Å². The summed E-state index contributed by atoms with van der Waals surface area (Å²) in [7, 11) is 0. The molecule has 1 fully saturated rings. The van der Waals surface area contributed by atoms with Crippen LogP contribution in [0.5, 0.6) is 0 Å². The first-order valence-corrected chi connectivity index (χ1v) is 7.56. The summed E-state index contributed by atoms with van der Waals surface area (Å²) in [5, 5.41) is 7.05. The molecule has 8 heteroatoms. The van der Waals surface area contributed by atoms with E-state index in [9.17, 15) is 13.6 Å². The van der Waals surface area contributed by atoms with E-state index in [1.807, 2.05) is 0 Å². The maximum Gasteiger partial charge on any atom is 0.256 e. The Morgan fingerprint density at radius 1 is 1.48 bits per heavy atom. The van der Waals surface area contributed by atoms with Gasteiger partial charge in [-0.15, -0.1) is 0 Å². The number of benzene rings is 1. The zero-order valence-corrected chi connectivity index (χ0v) is 13.1. The molecule has 2 atom stereocenters. The van der Waals surface area contributed by atoms with Crippen LogP contribution in [0.4, 0.5) is 8.78 Å². The van der Waals surface area contributed by atoms with Crippen LogP contribution in [0, 0.1) is 18.7 Å². The first kappa shape index (κ1) is 15.9. The monoisotopic (exact) mass is 340 g/mol. The number of aromatic amines is 1. The summed E-state index contributed by atoms with van der Waals surface area (Å²) < 4.78 is 27.2. The van der Waals surface area contributed by atoms with Crippen molar-refractivity contribution in [3.63, 3.8) is 0 Å². The Morgan fingerprint density at radius 2 is 2.26 bits per heavy atom. The molecule has 1 N–H and O–H groups in total. The molecule has 0 aliphatic carbocycles. The van der Waals surface area contributed by atoms with Gasteiger partial charge in [0.1, 0.15) is 11.6 Å². The van der Waals surface area contributed by atoms with E-state index in [0.29, 0.717) is 11.6 Å². The minimum absolute atomic E-state index is 0.109. The number of H-pyrrole nitrogens is 1. The molecule has 0 bridgehead atoms. The lowest BCUT2D eigenvalue weighted by molar-refractivity contribution is 0.0780. The smallest absolute Gasteiger partial charge is 0.256 e. The Labute approximate surface area is 136 Å². The molecule has 0 saturated carbocycles. The number of alkyl halides is 1. The third kappa shape index (κ3) is 3.06. The van der Waals surface area contributed by atoms with Crippen molar-refractivity contribution in [2.75, 3.05) is 19.8 Å². The molecule has 3 rings (SSSR count). The van der Waals surface area contributed by atoms with Gasteiger partial charge in [-0.3, -0.25) is 14.3 Å². The molecule has 1 aliphatic rings. The van der Waals surface area contributed by atoms with E-state index >= 15 is 0 Å². The summed E-state index contributed by atoms with van der Waals surface area (Å²) in [4.78, 5) is 18.2. The fourth-order valence-electron chi connectivity index (χ4n) is 2.84. The zero-order valence-electron chi connectivity index (χ0n) is 12.4. The first-order chi connectivity index (χ1) is 11.0. The molecule has 2 aromatic rings.